The molecule has 1 saturated heterocycles. The molecule has 6 heteroatoms. The molecule has 1 heterocycles. The minimum absolute atomic E-state index is 0.00813. The van der Waals surface area contributed by atoms with Gasteiger partial charge in [-0.25, -0.2) is 8.42 Å². The number of piperidine rings is 1. The highest BCUT2D eigenvalue weighted by Gasteiger charge is 2.28. The zero-order chi connectivity index (χ0) is 13.6. The van der Waals surface area contributed by atoms with E-state index in [1.165, 1.54) is 7.11 Å². The Labute approximate surface area is 111 Å². The molecular weight excluding hydrogens is 252 g/mol. The van der Waals surface area contributed by atoms with Crippen molar-refractivity contribution >= 4 is 10.0 Å². The summed E-state index contributed by atoms with van der Waals surface area (Å²) in [6.07, 6.45) is 2.24. The molecule has 0 spiro atoms. The van der Waals surface area contributed by atoms with Crippen LogP contribution < -0.4 is 5.32 Å². The molecule has 0 aromatic carbocycles. The third kappa shape index (κ3) is 4.84. The molecule has 0 saturated carbocycles. The van der Waals surface area contributed by atoms with Gasteiger partial charge in [-0.15, -0.1) is 0 Å². The van der Waals surface area contributed by atoms with Gasteiger partial charge in [0, 0.05) is 19.7 Å². The van der Waals surface area contributed by atoms with Crippen molar-refractivity contribution in [3.63, 3.8) is 0 Å². The number of nitrogens with zero attached hydrogens (tertiary/aromatic N) is 1. The fraction of sp³-hybridized carbons (Fsp3) is 1.00. The average Bonchev–Trinajstić information content (AvgIpc) is 2.34. The van der Waals surface area contributed by atoms with Crippen molar-refractivity contribution < 1.29 is 13.2 Å². The minimum atomic E-state index is -3.20. The van der Waals surface area contributed by atoms with E-state index in [1.807, 2.05) is 13.8 Å². The normalized spacial score (nSPS) is 21.7. The van der Waals surface area contributed by atoms with E-state index in [0.29, 0.717) is 12.5 Å². The van der Waals surface area contributed by atoms with Gasteiger partial charge in [-0.1, -0.05) is 0 Å². The van der Waals surface area contributed by atoms with Crippen LogP contribution in [0.3, 0.4) is 0 Å². The first-order valence-electron chi connectivity index (χ1n) is 6.66. The Morgan fingerprint density at radius 1 is 1.44 bits per heavy atom. The molecule has 0 aliphatic carbocycles. The molecule has 0 amide bonds. The summed E-state index contributed by atoms with van der Waals surface area (Å²) in [7, 11) is -1.67. The summed E-state index contributed by atoms with van der Waals surface area (Å²) in [6.45, 7) is 6.71. The summed E-state index contributed by atoms with van der Waals surface area (Å²) < 4.78 is 31.0. The second-order valence-electron chi connectivity index (χ2n) is 5.18. The van der Waals surface area contributed by atoms with Crippen LogP contribution in [0.5, 0.6) is 0 Å². The number of ether oxygens (including phenoxy) is 1. The van der Waals surface area contributed by atoms with Gasteiger partial charge in [0.25, 0.3) is 0 Å². The topological polar surface area (TPSA) is 58.6 Å². The average molecular weight is 278 g/mol. The Kier molecular flexibility index (Phi) is 6.55. The van der Waals surface area contributed by atoms with Crippen LogP contribution >= 0.6 is 0 Å². The lowest BCUT2D eigenvalue weighted by atomic mass is 9.99. The zero-order valence-electron chi connectivity index (χ0n) is 11.7. The van der Waals surface area contributed by atoms with Gasteiger partial charge in [-0.3, -0.25) is 0 Å². The molecule has 0 aromatic rings. The predicted molar refractivity (Wildman–Crippen MR) is 73.1 cm³/mol. The van der Waals surface area contributed by atoms with E-state index < -0.39 is 10.0 Å². The van der Waals surface area contributed by atoms with Gasteiger partial charge in [0.15, 0.2) is 0 Å². The van der Waals surface area contributed by atoms with Crippen LogP contribution in [-0.2, 0) is 14.8 Å². The summed E-state index contributed by atoms with van der Waals surface area (Å²) in [4.78, 5) is 0. The zero-order valence-corrected chi connectivity index (χ0v) is 12.5. The van der Waals surface area contributed by atoms with E-state index in [9.17, 15) is 8.42 Å². The van der Waals surface area contributed by atoms with Crippen LogP contribution in [0.4, 0.5) is 0 Å². The SMILES string of the molecule is COCCS(=O)(=O)N(CC1CCCNC1)C(C)C. The first kappa shape index (κ1) is 15.9. The van der Waals surface area contributed by atoms with Crippen molar-refractivity contribution in [3.05, 3.63) is 0 Å². The Morgan fingerprint density at radius 3 is 2.67 bits per heavy atom. The van der Waals surface area contributed by atoms with E-state index >= 15 is 0 Å². The summed E-state index contributed by atoms with van der Waals surface area (Å²) >= 11 is 0. The van der Waals surface area contributed by atoms with Crippen molar-refractivity contribution in [2.24, 2.45) is 5.92 Å². The Bertz CT molecular complexity index is 324. The van der Waals surface area contributed by atoms with Gasteiger partial charge in [0.2, 0.25) is 10.0 Å². The standard InChI is InChI=1S/C12H26N2O3S/c1-11(2)14(18(15,16)8-7-17-3)10-12-5-4-6-13-9-12/h11-13H,4-10H2,1-3H3. The van der Waals surface area contributed by atoms with Crippen LogP contribution in [0.25, 0.3) is 0 Å². The van der Waals surface area contributed by atoms with Crippen LogP contribution in [-0.4, -0.2) is 57.9 Å². The summed E-state index contributed by atoms with van der Waals surface area (Å²) in [5, 5.41) is 3.33. The van der Waals surface area contributed by atoms with Gasteiger partial charge in [-0.05, 0) is 45.7 Å². The number of methoxy groups -OCH3 is 1. The van der Waals surface area contributed by atoms with E-state index in [1.54, 1.807) is 4.31 Å². The number of nitrogens with one attached hydrogen (secondary N) is 1. The van der Waals surface area contributed by atoms with E-state index in [0.717, 1.165) is 25.9 Å². The monoisotopic (exact) mass is 278 g/mol. The van der Waals surface area contributed by atoms with Crippen LogP contribution in [0.15, 0.2) is 0 Å². The van der Waals surface area contributed by atoms with Gasteiger partial charge in [0.1, 0.15) is 0 Å². The Hall–Kier alpha value is -0.170. The second-order valence-corrected chi connectivity index (χ2v) is 7.23. The molecule has 1 N–H and O–H groups in total. The molecule has 18 heavy (non-hydrogen) atoms. The van der Waals surface area contributed by atoms with Crippen molar-refractivity contribution in [1.29, 1.82) is 0 Å². The molecule has 5 nitrogen and oxygen atoms in total. The summed E-state index contributed by atoms with van der Waals surface area (Å²) in [5.74, 6) is 0.500. The highest BCUT2D eigenvalue weighted by molar-refractivity contribution is 7.89. The van der Waals surface area contributed by atoms with E-state index in [-0.39, 0.29) is 18.4 Å². The lowest BCUT2D eigenvalue weighted by molar-refractivity contribution is 0.212. The molecule has 108 valence electrons. The number of sulfonamides is 1. The van der Waals surface area contributed by atoms with Crippen molar-refractivity contribution in [2.75, 3.05) is 39.1 Å². The molecule has 1 unspecified atom stereocenters. The molecule has 1 aliphatic rings. The van der Waals surface area contributed by atoms with Gasteiger partial charge >= 0.3 is 0 Å². The lowest BCUT2D eigenvalue weighted by Gasteiger charge is -2.32. The molecule has 1 aliphatic heterocycles. The highest BCUT2D eigenvalue weighted by atomic mass is 32.2. The van der Waals surface area contributed by atoms with Crippen molar-refractivity contribution in [2.45, 2.75) is 32.7 Å². The smallest absolute Gasteiger partial charge is 0.216 e. The molecule has 1 atom stereocenters. The molecule has 1 rings (SSSR count). The fourth-order valence-corrected chi connectivity index (χ4v) is 3.98. The van der Waals surface area contributed by atoms with Crippen LogP contribution in [0.2, 0.25) is 0 Å². The van der Waals surface area contributed by atoms with Crippen LogP contribution in [0.1, 0.15) is 26.7 Å². The van der Waals surface area contributed by atoms with Gasteiger partial charge in [-0.2, -0.15) is 4.31 Å². The van der Waals surface area contributed by atoms with Crippen molar-refractivity contribution in [3.8, 4) is 0 Å². The molecule has 0 radical (unpaired) electrons. The fourth-order valence-electron chi connectivity index (χ4n) is 2.29. The van der Waals surface area contributed by atoms with Gasteiger partial charge < -0.3 is 10.1 Å². The summed E-state index contributed by atoms with van der Waals surface area (Å²) in [5.41, 5.74) is 0. The van der Waals surface area contributed by atoms with Crippen molar-refractivity contribution in [1.82, 2.24) is 9.62 Å². The maximum Gasteiger partial charge on any atom is 0.216 e. The predicted octanol–water partition coefficient (Wildman–Crippen LogP) is 0.673. The second kappa shape index (κ2) is 7.43. The molecule has 0 bridgehead atoms. The Balaban J connectivity index is 2.63. The van der Waals surface area contributed by atoms with E-state index in [2.05, 4.69) is 5.32 Å². The maximum atomic E-state index is 12.2. The third-order valence-corrected chi connectivity index (χ3v) is 5.28. The highest BCUT2D eigenvalue weighted by Crippen LogP contribution is 2.16. The quantitative estimate of drug-likeness (QED) is 0.744. The molecule has 0 aromatic heterocycles. The first-order chi connectivity index (χ1) is 8.47. The molecular formula is C12H26N2O3S. The summed E-state index contributed by atoms with van der Waals surface area (Å²) in [6, 6.07) is 0.00813. The Morgan fingerprint density at radius 2 is 2.17 bits per heavy atom. The largest absolute Gasteiger partial charge is 0.384 e. The first-order valence-corrected chi connectivity index (χ1v) is 8.27. The van der Waals surface area contributed by atoms with Crippen LogP contribution in [0, 0.1) is 5.92 Å². The third-order valence-electron chi connectivity index (χ3n) is 3.32. The number of hydrogen-bond acceptors (Lipinski definition) is 4. The molecule has 1 fully saturated rings. The maximum absolute atomic E-state index is 12.2. The minimum Gasteiger partial charge on any atom is -0.384 e. The van der Waals surface area contributed by atoms with E-state index in [4.69, 9.17) is 4.74 Å². The van der Waals surface area contributed by atoms with Gasteiger partial charge in [0.05, 0.1) is 12.4 Å². The number of rotatable bonds is 7. The lowest BCUT2D eigenvalue weighted by Crippen LogP contribution is -2.45. The number of hydrogen-bond donors (Lipinski definition) is 1.